The van der Waals surface area contributed by atoms with Crippen molar-refractivity contribution in [1.82, 2.24) is 0 Å². The number of nitrogens with zero attached hydrogens (tertiary/aromatic N) is 1. The van der Waals surface area contributed by atoms with E-state index in [1.54, 1.807) is 0 Å². The Morgan fingerprint density at radius 3 is 1.00 bits per heavy atom. The number of quaternary nitrogens is 1. The van der Waals surface area contributed by atoms with Gasteiger partial charge in [0, 0.05) is 6.42 Å². The van der Waals surface area contributed by atoms with Gasteiger partial charge >= 0.3 is 5.97 Å². The third kappa shape index (κ3) is 21.9. The monoisotopic (exact) mass is 482 g/mol. The van der Waals surface area contributed by atoms with Crippen molar-refractivity contribution >= 4 is 5.97 Å². The number of carboxylic acids is 1. The minimum Gasteiger partial charge on any atom is -0.481 e. The van der Waals surface area contributed by atoms with Crippen LogP contribution in [0.1, 0.15) is 168 Å². The lowest BCUT2D eigenvalue weighted by Crippen LogP contribution is -2.50. The Labute approximate surface area is 215 Å². The van der Waals surface area contributed by atoms with Crippen LogP contribution in [-0.2, 0) is 4.79 Å². The first kappa shape index (κ1) is 33.4. The van der Waals surface area contributed by atoms with Gasteiger partial charge in [-0.15, -0.1) is 0 Å². The summed E-state index contributed by atoms with van der Waals surface area (Å²) in [5.41, 5.74) is 0. The van der Waals surface area contributed by atoms with Crippen molar-refractivity contribution in [3.05, 3.63) is 0 Å². The van der Waals surface area contributed by atoms with Crippen LogP contribution in [0.2, 0.25) is 0 Å². The smallest absolute Gasteiger partial charge is 0.303 e. The van der Waals surface area contributed by atoms with Crippen LogP contribution in [0.3, 0.4) is 0 Å². The molecule has 0 saturated heterocycles. The van der Waals surface area contributed by atoms with Crippen LogP contribution in [0.25, 0.3) is 0 Å². The van der Waals surface area contributed by atoms with E-state index in [0.717, 1.165) is 12.8 Å². The summed E-state index contributed by atoms with van der Waals surface area (Å²) in [6, 6.07) is 0. The van der Waals surface area contributed by atoms with E-state index in [9.17, 15) is 4.79 Å². The van der Waals surface area contributed by atoms with Gasteiger partial charge in [0.05, 0.1) is 26.2 Å². The first-order valence-corrected chi connectivity index (χ1v) is 15.7. The maximum atomic E-state index is 10.5. The molecule has 0 aromatic heterocycles. The minimum atomic E-state index is -0.649. The zero-order chi connectivity index (χ0) is 25.2. The Bertz CT molecular complexity index is 402. The average Bonchev–Trinajstić information content (AvgIpc) is 2.83. The molecule has 1 N–H and O–H groups in total. The van der Waals surface area contributed by atoms with E-state index in [1.807, 2.05) is 0 Å². The molecule has 0 aliphatic heterocycles. The van der Waals surface area contributed by atoms with E-state index in [4.69, 9.17) is 5.11 Å². The summed E-state index contributed by atoms with van der Waals surface area (Å²) in [5.74, 6) is -0.649. The van der Waals surface area contributed by atoms with Gasteiger partial charge in [0.2, 0.25) is 0 Å². The zero-order valence-electron chi connectivity index (χ0n) is 23.9. The van der Waals surface area contributed by atoms with Gasteiger partial charge in [-0.25, -0.2) is 0 Å². The van der Waals surface area contributed by atoms with Crippen molar-refractivity contribution in [2.75, 3.05) is 26.2 Å². The van der Waals surface area contributed by atoms with E-state index in [0.29, 0.717) is 6.42 Å². The van der Waals surface area contributed by atoms with Crippen molar-refractivity contribution in [2.24, 2.45) is 0 Å². The zero-order valence-corrected chi connectivity index (χ0v) is 23.9. The molecule has 0 spiro atoms. The highest BCUT2D eigenvalue weighted by Gasteiger charge is 2.24. The summed E-state index contributed by atoms with van der Waals surface area (Å²) in [7, 11) is 0. The Morgan fingerprint density at radius 2 is 0.706 bits per heavy atom. The molecule has 0 atom stereocenters. The Balaban J connectivity index is 3.62. The fourth-order valence-corrected chi connectivity index (χ4v) is 5.35. The Hall–Kier alpha value is -0.570. The van der Waals surface area contributed by atoms with Gasteiger partial charge in [-0.05, 0) is 38.5 Å². The van der Waals surface area contributed by atoms with E-state index in [-0.39, 0.29) is 0 Å². The third-order valence-electron chi connectivity index (χ3n) is 7.73. The molecule has 3 heteroatoms. The molecule has 0 aliphatic rings. The maximum Gasteiger partial charge on any atom is 0.303 e. The maximum absolute atomic E-state index is 10.5. The highest BCUT2D eigenvalue weighted by molar-refractivity contribution is 5.66. The van der Waals surface area contributed by atoms with Gasteiger partial charge in [-0.1, -0.05) is 124 Å². The molecule has 0 bridgehead atoms. The second kappa shape index (κ2) is 25.5. The molecular formula is C31H64NO2+. The van der Waals surface area contributed by atoms with Crippen LogP contribution < -0.4 is 0 Å². The SMILES string of the molecule is CCCC[N+](CCCC)(CCCC)CCCCCCCCCCCCCCCCCCC(=O)O. The van der Waals surface area contributed by atoms with E-state index in [1.165, 1.54) is 159 Å². The lowest BCUT2D eigenvalue weighted by Gasteiger charge is -2.39. The number of aliphatic carboxylic acids is 1. The highest BCUT2D eigenvalue weighted by Crippen LogP contribution is 2.18. The van der Waals surface area contributed by atoms with Crippen molar-refractivity contribution in [1.29, 1.82) is 0 Å². The molecule has 0 radical (unpaired) electrons. The largest absolute Gasteiger partial charge is 0.481 e. The quantitative estimate of drug-likeness (QED) is 0.0889. The van der Waals surface area contributed by atoms with Crippen LogP contribution in [0.15, 0.2) is 0 Å². The molecule has 0 saturated carbocycles. The lowest BCUT2D eigenvalue weighted by atomic mass is 10.0. The van der Waals surface area contributed by atoms with Crippen molar-refractivity contribution < 1.29 is 14.4 Å². The fraction of sp³-hybridized carbons (Fsp3) is 0.968. The molecular weight excluding hydrogens is 418 g/mol. The summed E-state index contributed by atoms with van der Waals surface area (Å²) < 4.78 is 1.42. The summed E-state index contributed by atoms with van der Waals surface area (Å²) >= 11 is 0. The summed E-state index contributed by atoms with van der Waals surface area (Å²) in [6.45, 7) is 12.7. The topological polar surface area (TPSA) is 37.3 Å². The van der Waals surface area contributed by atoms with E-state index in [2.05, 4.69) is 20.8 Å². The summed E-state index contributed by atoms with van der Waals surface area (Å²) in [6.07, 6.45) is 30.0. The number of hydrogen-bond donors (Lipinski definition) is 1. The predicted molar refractivity (Wildman–Crippen MR) is 151 cm³/mol. The fourth-order valence-electron chi connectivity index (χ4n) is 5.35. The average molecular weight is 483 g/mol. The molecule has 0 aromatic rings. The van der Waals surface area contributed by atoms with E-state index < -0.39 is 5.97 Å². The number of unbranched alkanes of at least 4 members (excludes halogenated alkanes) is 18. The second-order valence-corrected chi connectivity index (χ2v) is 11.1. The minimum absolute atomic E-state index is 0.344. The molecule has 0 aliphatic carbocycles. The highest BCUT2D eigenvalue weighted by atomic mass is 16.4. The Kier molecular flexibility index (Phi) is 25.1. The molecule has 0 heterocycles. The molecule has 0 fully saturated rings. The van der Waals surface area contributed by atoms with Gasteiger partial charge < -0.3 is 9.59 Å². The molecule has 3 nitrogen and oxygen atoms in total. The molecule has 0 rings (SSSR count). The van der Waals surface area contributed by atoms with Crippen molar-refractivity contribution in [3.8, 4) is 0 Å². The van der Waals surface area contributed by atoms with Gasteiger partial charge in [0.1, 0.15) is 0 Å². The van der Waals surface area contributed by atoms with Crippen LogP contribution in [0.5, 0.6) is 0 Å². The third-order valence-corrected chi connectivity index (χ3v) is 7.73. The van der Waals surface area contributed by atoms with Gasteiger partial charge in [-0.2, -0.15) is 0 Å². The summed E-state index contributed by atoms with van der Waals surface area (Å²) in [5, 5.41) is 8.64. The first-order chi connectivity index (χ1) is 16.6. The van der Waals surface area contributed by atoms with Crippen LogP contribution in [0.4, 0.5) is 0 Å². The van der Waals surface area contributed by atoms with Crippen LogP contribution in [-0.4, -0.2) is 41.7 Å². The second-order valence-electron chi connectivity index (χ2n) is 11.1. The number of carbonyl (C=O) groups is 1. The lowest BCUT2D eigenvalue weighted by molar-refractivity contribution is -0.929. The van der Waals surface area contributed by atoms with E-state index >= 15 is 0 Å². The van der Waals surface area contributed by atoms with Gasteiger partial charge in [-0.3, -0.25) is 4.79 Å². The predicted octanol–water partition coefficient (Wildman–Crippen LogP) is 9.92. The Morgan fingerprint density at radius 1 is 0.441 bits per heavy atom. The van der Waals surface area contributed by atoms with Gasteiger partial charge in [0.25, 0.3) is 0 Å². The normalized spacial score (nSPS) is 11.9. The van der Waals surface area contributed by atoms with Crippen molar-refractivity contribution in [2.45, 2.75) is 168 Å². The summed E-state index contributed by atoms with van der Waals surface area (Å²) in [4.78, 5) is 10.5. The molecule has 204 valence electrons. The van der Waals surface area contributed by atoms with Gasteiger partial charge in [0.15, 0.2) is 0 Å². The molecule has 0 unspecified atom stereocenters. The van der Waals surface area contributed by atoms with Crippen LogP contribution >= 0.6 is 0 Å². The molecule has 34 heavy (non-hydrogen) atoms. The molecule has 0 amide bonds. The number of rotatable bonds is 28. The standard InChI is InChI=1S/C31H63NO2/c1-4-7-27-32(28-8-5-2,29-9-6-3)30-25-23-21-19-17-15-13-11-10-12-14-16-18-20-22-24-26-31(33)34/h4-30H2,1-3H3/p+1. The first-order valence-electron chi connectivity index (χ1n) is 15.7. The number of carboxylic acid groups (broad SMARTS) is 1. The van der Waals surface area contributed by atoms with Crippen molar-refractivity contribution in [3.63, 3.8) is 0 Å². The number of hydrogen-bond acceptors (Lipinski definition) is 1. The van der Waals surface area contributed by atoms with Crippen LogP contribution in [0, 0.1) is 0 Å². The molecule has 0 aromatic carbocycles.